The van der Waals surface area contributed by atoms with Crippen LogP contribution in [-0.2, 0) is 6.42 Å². The molecule has 1 amide bonds. The smallest absolute Gasteiger partial charge is 0.255 e. The van der Waals surface area contributed by atoms with Crippen molar-refractivity contribution in [2.24, 2.45) is 0 Å². The number of aryl methyl sites for hydroxylation is 2. The quantitative estimate of drug-likeness (QED) is 0.318. The number of carbonyl (C=O) groups is 1. The molecule has 0 heterocycles. The van der Waals surface area contributed by atoms with Crippen molar-refractivity contribution in [3.63, 3.8) is 0 Å². The molecule has 0 saturated heterocycles. The maximum absolute atomic E-state index is 12.9. The highest BCUT2D eigenvalue weighted by molar-refractivity contribution is 7.98. The average molecular weight is 447 g/mol. The average Bonchev–Trinajstić information content (AvgIpc) is 2.80. The molecule has 32 heavy (non-hydrogen) atoms. The van der Waals surface area contributed by atoms with Crippen LogP contribution in [-0.4, -0.2) is 12.2 Å². The molecule has 0 unspecified atom stereocenters. The van der Waals surface area contributed by atoms with Gasteiger partial charge in [-0.1, -0.05) is 18.2 Å². The van der Waals surface area contributed by atoms with Crippen molar-refractivity contribution >= 4 is 29.0 Å². The minimum atomic E-state index is -0.157. The number of hydrogen-bond acceptors (Lipinski definition) is 4. The van der Waals surface area contributed by atoms with Crippen molar-refractivity contribution in [2.75, 3.05) is 11.6 Å². The summed E-state index contributed by atoms with van der Waals surface area (Å²) in [5, 5.41) is 11.7. The standard InChI is InChI=1S/C26H27N3O2S/c1-18-10-11-21(31-22-12-13-23(28)25(17-22)32-2)16-24(18)29-26(30)20-9-6-8-19(15-20)7-4-3-5-14-27/h6,8-13,15-17H,3-5,7,28H2,1-2H3,(H,29,30)/p+1. The molecule has 164 valence electrons. The van der Waals surface area contributed by atoms with Crippen molar-refractivity contribution in [3.05, 3.63) is 77.4 Å². The Labute approximate surface area is 193 Å². The van der Waals surface area contributed by atoms with Crippen LogP contribution in [0.2, 0.25) is 0 Å². The summed E-state index contributed by atoms with van der Waals surface area (Å²) >= 11 is 1.63. The van der Waals surface area contributed by atoms with Crippen molar-refractivity contribution in [2.45, 2.75) is 37.5 Å². The highest BCUT2D eigenvalue weighted by Gasteiger charge is 2.11. The summed E-state index contributed by atoms with van der Waals surface area (Å²) in [6.45, 7) is 1.95. The van der Waals surface area contributed by atoms with Crippen LogP contribution in [0.4, 0.5) is 11.4 Å². The van der Waals surface area contributed by atoms with Crippen molar-refractivity contribution in [1.29, 1.82) is 5.26 Å². The fourth-order valence-corrected chi connectivity index (χ4v) is 3.88. The highest BCUT2D eigenvalue weighted by atomic mass is 32.2. The van der Waals surface area contributed by atoms with Gasteiger partial charge in [0, 0.05) is 35.9 Å². The molecule has 0 aliphatic rings. The molecule has 3 aromatic rings. The summed E-state index contributed by atoms with van der Waals surface area (Å²) in [4.78, 5) is 13.9. The summed E-state index contributed by atoms with van der Waals surface area (Å²) in [7, 11) is 0. The van der Waals surface area contributed by atoms with Crippen molar-refractivity contribution in [3.8, 4) is 17.6 Å². The van der Waals surface area contributed by atoms with Gasteiger partial charge >= 0.3 is 0 Å². The van der Waals surface area contributed by atoms with Gasteiger partial charge in [-0.05, 0) is 67.8 Å². The fraction of sp³-hybridized carbons (Fsp3) is 0.231. The number of nitriles is 1. The van der Waals surface area contributed by atoms with Gasteiger partial charge in [-0.15, -0.1) is 11.8 Å². The molecule has 3 rings (SSSR count). The van der Waals surface area contributed by atoms with Gasteiger partial charge in [0.1, 0.15) is 17.2 Å². The Bertz CT molecular complexity index is 1140. The normalized spacial score (nSPS) is 10.4. The third kappa shape index (κ3) is 6.36. The molecule has 5 nitrogen and oxygen atoms in total. The minimum Gasteiger partial charge on any atom is -0.457 e. The van der Waals surface area contributed by atoms with Gasteiger partial charge in [0.15, 0.2) is 0 Å². The van der Waals surface area contributed by atoms with Crippen LogP contribution in [0.25, 0.3) is 0 Å². The minimum absolute atomic E-state index is 0.157. The Morgan fingerprint density at radius 2 is 1.88 bits per heavy atom. The number of rotatable bonds is 9. The Morgan fingerprint density at radius 1 is 1.09 bits per heavy atom. The predicted octanol–water partition coefficient (Wildman–Crippen LogP) is 5.87. The Balaban J connectivity index is 1.71. The maximum atomic E-state index is 12.9. The number of nitrogens with one attached hydrogen (secondary N) is 1. The molecule has 0 saturated carbocycles. The summed E-state index contributed by atoms with van der Waals surface area (Å²) in [6.07, 6.45) is 5.24. The molecule has 0 aliphatic carbocycles. The zero-order valence-electron chi connectivity index (χ0n) is 18.5. The summed E-state index contributed by atoms with van der Waals surface area (Å²) in [5.41, 5.74) is 8.37. The molecular formula is C26H28N3O2S+. The van der Waals surface area contributed by atoms with E-state index in [2.05, 4.69) is 17.1 Å². The molecule has 0 aliphatic heterocycles. The molecule has 6 heteroatoms. The number of benzene rings is 3. The van der Waals surface area contributed by atoms with E-state index in [0.717, 1.165) is 46.7 Å². The molecule has 0 aromatic heterocycles. The molecule has 0 radical (unpaired) electrons. The number of ether oxygens (including phenoxy) is 1. The van der Waals surface area contributed by atoms with E-state index < -0.39 is 0 Å². The van der Waals surface area contributed by atoms with Crippen LogP contribution in [0.1, 0.15) is 40.7 Å². The van der Waals surface area contributed by atoms with Crippen molar-refractivity contribution in [1.82, 2.24) is 0 Å². The number of carbonyl (C=O) groups excluding carboxylic acids is 1. The van der Waals surface area contributed by atoms with E-state index in [0.29, 0.717) is 23.4 Å². The van der Waals surface area contributed by atoms with E-state index in [4.69, 9.17) is 10.00 Å². The van der Waals surface area contributed by atoms with Crippen LogP contribution in [0.5, 0.6) is 11.5 Å². The van der Waals surface area contributed by atoms with Gasteiger partial charge in [-0.2, -0.15) is 5.26 Å². The van der Waals surface area contributed by atoms with Gasteiger partial charge < -0.3 is 15.8 Å². The SMILES string of the molecule is CSc1cc(Oc2ccc(C)c(NC(=O)c3cccc(CCCCC#N)c3)c2)ccc1[NH3+]. The zero-order valence-corrected chi connectivity index (χ0v) is 19.3. The lowest BCUT2D eigenvalue weighted by Gasteiger charge is -2.13. The molecule has 0 bridgehead atoms. The fourth-order valence-electron chi connectivity index (χ4n) is 3.32. The second kappa shape index (κ2) is 11.4. The number of unbranched alkanes of at least 4 members (excludes halogenated alkanes) is 2. The summed E-state index contributed by atoms with van der Waals surface area (Å²) < 4.78 is 6.03. The van der Waals surface area contributed by atoms with Crippen LogP contribution < -0.4 is 15.8 Å². The van der Waals surface area contributed by atoms with Crippen molar-refractivity contribution < 1.29 is 15.3 Å². The largest absolute Gasteiger partial charge is 0.457 e. The number of nitrogens with zero attached hydrogens (tertiary/aromatic N) is 1. The first kappa shape index (κ1) is 23.4. The lowest BCUT2D eigenvalue weighted by atomic mass is 10.0. The maximum Gasteiger partial charge on any atom is 0.255 e. The third-order valence-corrected chi connectivity index (χ3v) is 5.96. The van der Waals surface area contributed by atoms with Crippen LogP contribution in [0, 0.1) is 18.3 Å². The molecule has 0 atom stereocenters. The van der Waals surface area contributed by atoms with E-state index in [1.807, 2.05) is 73.8 Å². The molecule has 0 fully saturated rings. The second-order valence-corrected chi connectivity index (χ2v) is 8.42. The van der Waals surface area contributed by atoms with Gasteiger partial charge in [-0.3, -0.25) is 4.79 Å². The number of hydrogen-bond donors (Lipinski definition) is 2. The Hall–Kier alpha value is -3.27. The van der Waals surface area contributed by atoms with Gasteiger partial charge in [0.25, 0.3) is 5.91 Å². The first-order valence-electron chi connectivity index (χ1n) is 10.6. The summed E-state index contributed by atoms with van der Waals surface area (Å²) in [6, 6.07) is 21.3. The Kier molecular flexibility index (Phi) is 8.32. The number of quaternary nitrogens is 1. The van der Waals surface area contributed by atoms with Crippen LogP contribution in [0.3, 0.4) is 0 Å². The van der Waals surface area contributed by atoms with E-state index in [-0.39, 0.29) is 5.91 Å². The molecule has 0 spiro atoms. The highest BCUT2D eigenvalue weighted by Crippen LogP contribution is 2.31. The lowest BCUT2D eigenvalue weighted by Crippen LogP contribution is -2.40. The van der Waals surface area contributed by atoms with Gasteiger partial charge in [0.05, 0.1) is 11.0 Å². The van der Waals surface area contributed by atoms with E-state index in [9.17, 15) is 4.79 Å². The van der Waals surface area contributed by atoms with E-state index >= 15 is 0 Å². The van der Waals surface area contributed by atoms with Gasteiger partial charge in [0.2, 0.25) is 0 Å². The molecule has 4 N–H and O–H groups in total. The zero-order chi connectivity index (χ0) is 22.9. The van der Waals surface area contributed by atoms with E-state index in [1.54, 1.807) is 11.8 Å². The number of anilines is 1. The third-order valence-electron chi connectivity index (χ3n) is 5.14. The number of thioether (sulfide) groups is 1. The van der Waals surface area contributed by atoms with E-state index in [1.165, 1.54) is 0 Å². The van der Waals surface area contributed by atoms with Crippen LogP contribution in [0.15, 0.2) is 65.6 Å². The number of amides is 1. The lowest BCUT2D eigenvalue weighted by molar-refractivity contribution is -0.258. The van der Waals surface area contributed by atoms with Gasteiger partial charge in [-0.25, -0.2) is 0 Å². The topological polar surface area (TPSA) is 89.8 Å². The van der Waals surface area contributed by atoms with Crippen LogP contribution >= 0.6 is 11.8 Å². The molecular weight excluding hydrogens is 418 g/mol. The first-order chi connectivity index (χ1) is 15.5. The Morgan fingerprint density at radius 3 is 2.66 bits per heavy atom. The summed E-state index contributed by atoms with van der Waals surface area (Å²) in [5.74, 6) is 1.23. The predicted molar refractivity (Wildman–Crippen MR) is 130 cm³/mol. The first-order valence-corrected chi connectivity index (χ1v) is 11.8. The monoisotopic (exact) mass is 446 g/mol. The second-order valence-electron chi connectivity index (χ2n) is 7.57. The molecule has 3 aromatic carbocycles.